The van der Waals surface area contributed by atoms with Gasteiger partial charge in [-0.15, -0.1) is 0 Å². The van der Waals surface area contributed by atoms with E-state index in [4.69, 9.17) is 4.74 Å². The van der Waals surface area contributed by atoms with Crippen LogP contribution in [-0.4, -0.2) is 24.5 Å². The Kier molecular flexibility index (Phi) is 2.02. The van der Waals surface area contributed by atoms with Gasteiger partial charge in [-0.3, -0.25) is 9.59 Å². The summed E-state index contributed by atoms with van der Waals surface area (Å²) in [5, 5.41) is 2.46. The molecule has 0 fully saturated rings. The molecule has 0 saturated carbocycles. The number of carbonyl (C=O) groups is 2. The number of ether oxygens (including phenoxy) is 1. The summed E-state index contributed by atoms with van der Waals surface area (Å²) >= 11 is 0. The SMILES string of the molecule is COC1(C)NC(=O)C(=O)C=C1C. The largest absolute Gasteiger partial charge is 0.355 e. The molecular weight excluding hydrogens is 158 g/mol. The lowest BCUT2D eigenvalue weighted by atomic mass is 10.0. The summed E-state index contributed by atoms with van der Waals surface area (Å²) in [7, 11) is 1.48. The fourth-order valence-electron chi connectivity index (χ4n) is 0.989. The monoisotopic (exact) mass is 169 g/mol. The van der Waals surface area contributed by atoms with E-state index in [1.807, 2.05) is 0 Å². The van der Waals surface area contributed by atoms with Crippen LogP contribution in [0.4, 0.5) is 0 Å². The summed E-state index contributed by atoms with van der Waals surface area (Å²) in [4.78, 5) is 21.8. The molecule has 0 aromatic carbocycles. The van der Waals surface area contributed by atoms with Gasteiger partial charge in [0.2, 0.25) is 5.78 Å². The van der Waals surface area contributed by atoms with E-state index in [-0.39, 0.29) is 0 Å². The number of hydrogen-bond acceptors (Lipinski definition) is 3. The van der Waals surface area contributed by atoms with E-state index in [1.165, 1.54) is 13.2 Å². The zero-order valence-corrected chi connectivity index (χ0v) is 7.30. The Balaban J connectivity index is 3.04. The Labute approximate surface area is 70.6 Å². The normalized spacial score (nSPS) is 29.8. The van der Waals surface area contributed by atoms with Gasteiger partial charge in [0.05, 0.1) is 0 Å². The first-order valence-electron chi connectivity index (χ1n) is 3.60. The van der Waals surface area contributed by atoms with Crippen molar-refractivity contribution in [2.45, 2.75) is 19.6 Å². The molecule has 1 N–H and O–H groups in total. The van der Waals surface area contributed by atoms with Gasteiger partial charge >= 0.3 is 0 Å². The van der Waals surface area contributed by atoms with E-state index in [2.05, 4.69) is 5.32 Å². The molecule has 0 bridgehead atoms. The molecule has 1 heterocycles. The third-order valence-electron chi connectivity index (χ3n) is 2.08. The van der Waals surface area contributed by atoms with Crippen LogP contribution in [0.5, 0.6) is 0 Å². The summed E-state index contributed by atoms with van der Waals surface area (Å²) in [6.07, 6.45) is 1.29. The van der Waals surface area contributed by atoms with Gasteiger partial charge in [0.1, 0.15) is 0 Å². The lowest BCUT2D eigenvalue weighted by molar-refractivity contribution is -0.141. The lowest BCUT2D eigenvalue weighted by Crippen LogP contribution is -2.53. The quantitative estimate of drug-likeness (QED) is 0.562. The van der Waals surface area contributed by atoms with Crippen molar-refractivity contribution in [3.05, 3.63) is 11.6 Å². The van der Waals surface area contributed by atoms with Crippen LogP contribution in [0, 0.1) is 0 Å². The van der Waals surface area contributed by atoms with E-state index in [0.717, 1.165) is 0 Å². The highest BCUT2D eigenvalue weighted by Crippen LogP contribution is 2.19. The number of nitrogens with one attached hydrogen (secondary N) is 1. The number of rotatable bonds is 1. The van der Waals surface area contributed by atoms with E-state index in [0.29, 0.717) is 5.57 Å². The van der Waals surface area contributed by atoms with E-state index in [9.17, 15) is 9.59 Å². The van der Waals surface area contributed by atoms with Gasteiger partial charge in [0.25, 0.3) is 5.91 Å². The molecule has 0 spiro atoms. The van der Waals surface area contributed by atoms with E-state index < -0.39 is 17.4 Å². The molecule has 1 aliphatic rings. The summed E-state index contributed by atoms with van der Waals surface area (Å²) in [5.74, 6) is -1.15. The smallest absolute Gasteiger partial charge is 0.294 e. The molecular formula is C8H11NO3. The second-order valence-corrected chi connectivity index (χ2v) is 2.88. The van der Waals surface area contributed by atoms with Crippen molar-refractivity contribution in [1.82, 2.24) is 5.32 Å². The Hall–Kier alpha value is -1.16. The Morgan fingerprint density at radius 3 is 2.58 bits per heavy atom. The molecule has 1 aliphatic heterocycles. The van der Waals surface area contributed by atoms with Crippen LogP contribution < -0.4 is 5.32 Å². The van der Waals surface area contributed by atoms with Crippen LogP contribution >= 0.6 is 0 Å². The number of methoxy groups -OCH3 is 1. The maximum Gasteiger partial charge on any atom is 0.294 e. The van der Waals surface area contributed by atoms with Crippen molar-refractivity contribution in [2.24, 2.45) is 0 Å². The molecule has 66 valence electrons. The molecule has 1 rings (SSSR count). The van der Waals surface area contributed by atoms with E-state index in [1.54, 1.807) is 13.8 Å². The second kappa shape index (κ2) is 2.71. The zero-order valence-electron chi connectivity index (χ0n) is 7.30. The van der Waals surface area contributed by atoms with Crippen LogP contribution in [0.1, 0.15) is 13.8 Å². The third-order valence-corrected chi connectivity index (χ3v) is 2.08. The maximum atomic E-state index is 10.9. The van der Waals surface area contributed by atoms with Gasteiger partial charge in [-0.2, -0.15) is 0 Å². The summed E-state index contributed by atoms with van der Waals surface area (Å²) < 4.78 is 5.06. The molecule has 0 aromatic heterocycles. The minimum atomic E-state index is -0.828. The van der Waals surface area contributed by atoms with Crippen molar-refractivity contribution >= 4 is 11.7 Å². The van der Waals surface area contributed by atoms with Crippen molar-refractivity contribution < 1.29 is 14.3 Å². The van der Waals surface area contributed by atoms with Gasteiger partial charge in [-0.05, 0) is 25.5 Å². The molecule has 1 atom stereocenters. The highest BCUT2D eigenvalue weighted by molar-refractivity contribution is 6.41. The van der Waals surface area contributed by atoms with Crippen molar-refractivity contribution in [3.63, 3.8) is 0 Å². The molecule has 0 saturated heterocycles. The minimum Gasteiger partial charge on any atom is -0.355 e. The van der Waals surface area contributed by atoms with E-state index >= 15 is 0 Å². The number of amides is 1. The topological polar surface area (TPSA) is 55.4 Å². The fourth-order valence-corrected chi connectivity index (χ4v) is 0.989. The van der Waals surface area contributed by atoms with Crippen LogP contribution in [0.25, 0.3) is 0 Å². The molecule has 1 unspecified atom stereocenters. The third kappa shape index (κ3) is 1.25. The summed E-state index contributed by atoms with van der Waals surface area (Å²) in [6, 6.07) is 0. The van der Waals surface area contributed by atoms with Crippen LogP contribution in [0.2, 0.25) is 0 Å². The summed E-state index contributed by atoms with van der Waals surface area (Å²) in [5.41, 5.74) is -0.125. The average molecular weight is 169 g/mol. The van der Waals surface area contributed by atoms with Gasteiger partial charge < -0.3 is 10.1 Å². The van der Waals surface area contributed by atoms with Gasteiger partial charge in [-0.25, -0.2) is 0 Å². The molecule has 0 radical (unpaired) electrons. The molecule has 4 heteroatoms. The highest BCUT2D eigenvalue weighted by atomic mass is 16.5. The second-order valence-electron chi connectivity index (χ2n) is 2.88. The standard InChI is InChI=1S/C8H11NO3/c1-5-4-6(10)7(11)9-8(5,2)12-3/h4H,1-3H3,(H,9,11). The summed E-state index contributed by atoms with van der Waals surface area (Å²) in [6.45, 7) is 3.43. The van der Waals surface area contributed by atoms with Crippen LogP contribution in [-0.2, 0) is 14.3 Å². The Bertz CT molecular complexity index is 269. The Morgan fingerprint density at radius 1 is 1.50 bits per heavy atom. The van der Waals surface area contributed by atoms with Gasteiger partial charge in [0.15, 0.2) is 5.72 Å². The lowest BCUT2D eigenvalue weighted by Gasteiger charge is -2.32. The van der Waals surface area contributed by atoms with Crippen molar-refractivity contribution in [3.8, 4) is 0 Å². The molecule has 0 aliphatic carbocycles. The van der Waals surface area contributed by atoms with Crippen LogP contribution in [0.15, 0.2) is 11.6 Å². The first kappa shape index (κ1) is 8.93. The average Bonchev–Trinajstić information content (AvgIpc) is 2.01. The van der Waals surface area contributed by atoms with Crippen LogP contribution in [0.3, 0.4) is 0 Å². The maximum absolute atomic E-state index is 10.9. The van der Waals surface area contributed by atoms with Gasteiger partial charge in [-0.1, -0.05) is 0 Å². The Morgan fingerprint density at radius 2 is 2.08 bits per heavy atom. The zero-order chi connectivity index (χ0) is 9.35. The molecule has 4 nitrogen and oxygen atoms in total. The fraction of sp³-hybridized carbons (Fsp3) is 0.500. The first-order chi connectivity index (χ1) is 5.49. The molecule has 12 heavy (non-hydrogen) atoms. The molecule has 1 amide bonds. The predicted molar refractivity (Wildman–Crippen MR) is 42.3 cm³/mol. The first-order valence-corrected chi connectivity index (χ1v) is 3.60. The number of ketones is 1. The van der Waals surface area contributed by atoms with Crippen molar-refractivity contribution in [2.75, 3.05) is 7.11 Å². The minimum absolute atomic E-state index is 0.526. The van der Waals surface area contributed by atoms with Gasteiger partial charge in [0, 0.05) is 7.11 Å². The number of hydrogen-bond donors (Lipinski definition) is 1. The number of carbonyl (C=O) groups excluding carboxylic acids is 2. The predicted octanol–water partition coefficient (Wildman–Crippen LogP) is -0.00580. The highest BCUT2D eigenvalue weighted by Gasteiger charge is 2.34. The van der Waals surface area contributed by atoms with Crippen molar-refractivity contribution in [1.29, 1.82) is 0 Å². The molecule has 0 aromatic rings.